The van der Waals surface area contributed by atoms with E-state index in [-0.39, 0.29) is 6.61 Å². The van der Waals surface area contributed by atoms with Crippen LogP contribution < -0.4 is 4.72 Å². The lowest BCUT2D eigenvalue weighted by atomic mass is 9.88. The summed E-state index contributed by atoms with van der Waals surface area (Å²) >= 11 is 0. The second kappa shape index (κ2) is 6.14. The van der Waals surface area contributed by atoms with Crippen LogP contribution in [0.1, 0.15) is 27.7 Å². The number of aliphatic carboxylic acids is 1. The van der Waals surface area contributed by atoms with Gasteiger partial charge in [0.1, 0.15) is 6.04 Å². The summed E-state index contributed by atoms with van der Waals surface area (Å²) in [4.78, 5) is 22.1. The molecule has 0 aliphatic carbocycles. The van der Waals surface area contributed by atoms with E-state index in [4.69, 9.17) is 5.11 Å². The Morgan fingerprint density at radius 3 is 2.17 bits per heavy atom. The van der Waals surface area contributed by atoms with Crippen LogP contribution in [0.15, 0.2) is 0 Å². The van der Waals surface area contributed by atoms with Crippen LogP contribution in [0.4, 0.5) is 0 Å². The highest BCUT2D eigenvalue weighted by Gasteiger charge is 2.35. The second-order valence-corrected chi connectivity index (χ2v) is 6.57. The first kappa shape index (κ1) is 16.9. The van der Waals surface area contributed by atoms with Gasteiger partial charge < -0.3 is 9.84 Å². The number of esters is 1. The van der Waals surface area contributed by atoms with Gasteiger partial charge in [-0.05, 0) is 12.3 Å². The van der Waals surface area contributed by atoms with Crippen molar-refractivity contribution in [2.75, 3.05) is 12.4 Å². The molecule has 0 rings (SSSR count). The highest BCUT2D eigenvalue weighted by molar-refractivity contribution is 7.90. The molecule has 0 saturated heterocycles. The first-order chi connectivity index (χ1) is 7.99. The van der Waals surface area contributed by atoms with Gasteiger partial charge in [0.15, 0.2) is 5.75 Å². The molecule has 0 amide bonds. The average molecular weight is 281 g/mol. The zero-order valence-electron chi connectivity index (χ0n) is 10.9. The zero-order valence-corrected chi connectivity index (χ0v) is 11.7. The van der Waals surface area contributed by atoms with E-state index in [2.05, 4.69) is 4.74 Å². The number of carboxylic acids is 1. The van der Waals surface area contributed by atoms with Crippen molar-refractivity contribution in [3.05, 3.63) is 0 Å². The Bertz CT molecular complexity index is 409. The third-order valence-corrected chi connectivity index (χ3v) is 3.23. The van der Waals surface area contributed by atoms with Crippen molar-refractivity contribution in [2.24, 2.45) is 5.41 Å². The Labute approximate surface area is 107 Å². The van der Waals surface area contributed by atoms with Crippen molar-refractivity contribution >= 4 is 22.0 Å². The molecular formula is C10H19NO6S. The molecule has 8 heteroatoms. The van der Waals surface area contributed by atoms with E-state index in [1.54, 1.807) is 27.7 Å². The minimum absolute atomic E-state index is 0.0655. The minimum atomic E-state index is -4.04. The predicted octanol–water partition coefficient (Wildman–Crippen LogP) is -0.0318. The summed E-state index contributed by atoms with van der Waals surface area (Å²) in [6.45, 7) is 6.36. The molecule has 18 heavy (non-hydrogen) atoms. The van der Waals surface area contributed by atoms with Crippen LogP contribution in [-0.4, -0.2) is 43.9 Å². The molecule has 7 nitrogen and oxygen atoms in total. The van der Waals surface area contributed by atoms with E-state index in [1.807, 2.05) is 4.72 Å². The molecule has 0 bridgehead atoms. The van der Waals surface area contributed by atoms with Gasteiger partial charge in [0, 0.05) is 0 Å². The molecule has 0 fully saturated rings. The molecule has 1 atom stereocenters. The van der Waals surface area contributed by atoms with Crippen molar-refractivity contribution in [3.63, 3.8) is 0 Å². The highest BCUT2D eigenvalue weighted by atomic mass is 32.2. The van der Waals surface area contributed by atoms with Gasteiger partial charge in [-0.3, -0.25) is 9.59 Å². The molecular weight excluding hydrogens is 262 g/mol. The Morgan fingerprint density at radius 2 is 1.83 bits per heavy atom. The first-order valence-electron chi connectivity index (χ1n) is 5.38. The summed E-state index contributed by atoms with van der Waals surface area (Å²) in [5.74, 6) is -3.10. The standard InChI is InChI=1S/C10H19NO6S/c1-5-17-7(12)6-18(15,16)11-8(9(13)14)10(2,3)4/h8,11H,5-6H2,1-4H3,(H,13,14)/t8-/m0/s1. The van der Waals surface area contributed by atoms with E-state index in [0.717, 1.165) is 0 Å². The Kier molecular flexibility index (Phi) is 5.75. The van der Waals surface area contributed by atoms with Crippen LogP contribution in [0.2, 0.25) is 0 Å². The van der Waals surface area contributed by atoms with E-state index < -0.39 is 39.2 Å². The zero-order chi connectivity index (χ0) is 14.6. The second-order valence-electron chi connectivity index (χ2n) is 4.82. The van der Waals surface area contributed by atoms with Crippen LogP contribution >= 0.6 is 0 Å². The fourth-order valence-electron chi connectivity index (χ4n) is 1.18. The number of carbonyl (C=O) groups excluding carboxylic acids is 1. The lowest BCUT2D eigenvalue weighted by Gasteiger charge is -2.27. The molecule has 0 aromatic heterocycles. The molecule has 0 aromatic carbocycles. The summed E-state index contributed by atoms with van der Waals surface area (Å²) in [5.41, 5.74) is -0.812. The van der Waals surface area contributed by atoms with E-state index in [1.165, 1.54) is 0 Å². The number of sulfonamides is 1. The summed E-state index contributed by atoms with van der Waals surface area (Å²) in [5, 5.41) is 8.97. The molecule has 2 N–H and O–H groups in total. The SMILES string of the molecule is CCOC(=O)CS(=O)(=O)N[C@@H](C(=O)O)C(C)(C)C. The smallest absolute Gasteiger partial charge is 0.322 e. The number of carboxylic acid groups (broad SMARTS) is 1. The number of nitrogens with one attached hydrogen (secondary N) is 1. The quantitative estimate of drug-likeness (QED) is 0.661. The maximum atomic E-state index is 11.6. The number of hydrogen-bond acceptors (Lipinski definition) is 5. The van der Waals surface area contributed by atoms with Crippen LogP contribution in [0.5, 0.6) is 0 Å². The monoisotopic (exact) mass is 281 g/mol. The van der Waals surface area contributed by atoms with E-state index >= 15 is 0 Å². The maximum absolute atomic E-state index is 11.6. The molecule has 0 saturated carbocycles. The lowest BCUT2D eigenvalue weighted by molar-refractivity contribution is -0.142. The molecule has 0 aromatic rings. The third-order valence-electron chi connectivity index (χ3n) is 2.02. The van der Waals surface area contributed by atoms with Gasteiger partial charge in [-0.1, -0.05) is 20.8 Å². The minimum Gasteiger partial charge on any atom is -0.480 e. The molecule has 0 aliphatic rings. The summed E-state index contributed by atoms with van der Waals surface area (Å²) in [6, 6.07) is -1.31. The first-order valence-corrected chi connectivity index (χ1v) is 7.03. The van der Waals surface area contributed by atoms with Crippen LogP contribution in [0.3, 0.4) is 0 Å². The van der Waals surface area contributed by atoms with Crippen LogP contribution in [-0.2, 0) is 24.3 Å². The van der Waals surface area contributed by atoms with Crippen molar-refractivity contribution in [3.8, 4) is 0 Å². The number of ether oxygens (including phenoxy) is 1. The van der Waals surface area contributed by atoms with E-state index in [9.17, 15) is 18.0 Å². The summed E-state index contributed by atoms with van der Waals surface area (Å²) < 4.78 is 29.7. The van der Waals surface area contributed by atoms with Gasteiger partial charge in [0.05, 0.1) is 6.61 Å². The van der Waals surface area contributed by atoms with E-state index in [0.29, 0.717) is 0 Å². The molecule has 106 valence electrons. The Hall–Kier alpha value is -1.15. The fourth-order valence-corrected chi connectivity index (χ4v) is 2.47. The van der Waals surface area contributed by atoms with Crippen molar-refractivity contribution in [2.45, 2.75) is 33.7 Å². The maximum Gasteiger partial charge on any atom is 0.322 e. The topological polar surface area (TPSA) is 110 Å². The van der Waals surface area contributed by atoms with Crippen LogP contribution in [0.25, 0.3) is 0 Å². The summed E-state index contributed by atoms with van der Waals surface area (Å²) in [7, 11) is -4.04. The molecule has 0 unspecified atom stereocenters. The number of carbonyl (C=O) groups is 2. The van der Waals surface area contributed by atoms with Gasteiger partial charge in [-0.25, -0.2) is 8.42 Å². The van der Waals surface area contributed by atoms with Gasteiger partial charge >= 0.3 is 11.9 Å². The largest absolute Gasteiger partial charge is 0.480 e. The van der Waals surface area contributed by atoms with Gasteiger partial charge in [0.2, 0.25) is 10.0 Å². The molecule has 0 aliphatic heterocycles. The third kappa shape index (κ3) is 5.97. The highest BCUT2D eigenvalue weighted by Crippen LogP contribution is 2.20. The van der Waals surface area contributed by atoms with Gasteiger partial charge in [-0.2, -0.15) is 4.72 Å². The lowest BCUT2D eigenvalue weighted by Crippen LogP contribution is -2.50. The molecule has 0 spiro atoms. The Balaban J connectivity index is 4.84. The number of hydrogen-bond donors (Lipinski definition) is 2. The van der Waals surface area contributed by atoms with Gasteiger partial charge in [0.25, 0.3) is 0 Å². The van der Waals surface area contributed by atoms with Crippen LogP contribution in [0, 0.1) is 5.41 Å². The number of rotatable bonds is 6. The van der Waals surface area contributed by atoms with Crippen molar-refractivity contribution in [1.82, 2.24) is 4.72 Å². The van der Waals surface area contributed by atoms with Crippen molar-refractivity contribution in [1.29, 1.82) is 0 Å². The summed E-state index contributed by atoms with van der Waals surface area (Å²) in [6.07, 6.45) is 0. The molecule has 0 heterocycles. The van der Waals surface area contributed by atoms with Gasteiger partial charge in [-0.15, -0.1) is 0 Å². The predicted molar refractivity (Wildman–Crippen MR) is 64.4 cm³/mol. The molecule has 0 radical (unpaired) electrons. The fraction of sp³-hybridized carbons (Fsp3) is 0.800. The normalized spacial score (nSPS) is 14.0. The Morgan fingerprint density at radius 1 is 1.33 bits per heavy atom. The average Bonchev–Trinajstić information content (AvgIpc) is 2.11. The van der Waals surface area contributed by atoms with Crippen molar-refractivity contribution < 1.29 is 27.9 Å².